The molecule has 0 aliphatic heterocycles. The van der Waals surface area contributed by atoms with Crippen LogP contribution in [0.1, 0.15) is 51.9 Å². The first-order valence-corrected chi connectivity index (χ1v) is 5.29. The Labute approximate surface area is 69.4 Å². The molecular formula is C11H18. The summed E-state index contributed by atoms with van der Waals surface area (Å²) in [7, 11) is 0. The van der Waals surface area contributed by atoms with E-state index in [2.05, 4.69) is 6.92 Å². The summed E-state index contributed by atoms with van der Waals surface area (Å²) in [6.07, 6.45) is 11.0. The second kappa shape index (κ2) is 1.67. The van der Waals surface area contributed by atoms with Crippen LogP contribution in [-0.2, 0) is 0 Å². The van der Waals surface area contributed by atoms with Crippen molar-refractivity contribution in [2.75, 3.05) is 0 Å². The molecule has 3 aliphatic carbocycles. The molecule has 1 atom stereocenters. The summed E-state index contributed by atoms with van der Waals surface area (Å²) in [4.78, 5) is 0. The van der Waals surface area contributed by atoms with Gasteiger partial charge in [0.1, 0.15) is 0 Å². The Morgan fingerprint density at radius 2 is 1.73 bits per heavy atom. The van der Waals surface area contributed by atoms with E-state index in [0.717, 1.165) is 16.7 Å². The van der Waals surface area contributed by atoms with Crippen LogP contribution in [0.15, 0.2) is 0 Å². The van der Waals surface area contributed by atoms with Crippen LogP contribution >= 0.6 is 0 Å². The maximum atomic E-state index is 2.51. The molecule has 0 radical (unpaired) electrons. The Kier molecular flexibility index (Phi) is 0.990. The zero-order valence-corrected chi connectivity index (χ0v) is 7.53. The molecule has 0 bridgehead atoms. The third-order valence-corrected chi connectivity index (χ3v) is 5.39. The predicted octanol–water partition coefficient (Wildman–Crippen LogP) is 3.37. The van der Waals surface area contributed by atoms with Gasteiger partial charge in [0.15, 0.2) is 0 Å². The molecule has 3 fully saturated rings. The van der Waals surface area contributed by atoms with E-state index >= 15 is 0 Å². The van der Waals surface area contributed by atoms with E-state index in [0.29, 0.717) is 0 Å². The molecule has 3 aliphatic rings. The normalized spacial score (nSPS) is 60.3. The number of rotatable bonds is 0. The molecule has 3 saturated carbocycles. The first-order chi connectivity index (χ1) is 5.29. The van der Waals surface area contributed by atoms with Crippen molar-refractivity contribution in [2.24, 2.45) is 16.7 Å². The monoisotopic (exact) mass is 150 g/mol. The standard InChI is InChI=1S/C11H18/c1-9-3-2-4-10-5-7-11(9,10)8-6-10/h9H,2-8H2,1H3. The fraction of sp³-hybridized carbons (Fsp3) is 1.00. The van der Waals surface area contributed by atoms with E-state index in [1.165, 1.54) is 12.8 Å². The Hall–Kier alpha value is 0. The highest BCUT2D eigenvalue weighted by molar-refractivity contribution is 5.17. The molecule has 0 nitrogen and oxygen atoms in total. The average Bonchev–Trinajstić information content (AvgIpc) is 1.95. The Bertz CT molecular complexity index is 184. The summed E-state index contributed by atoms with van der Waals surface area (Å²) in [5, 5.41) is 0. The molecule has 0 aromatic heterocycles. The molecule has 3 rings (SSSR count). The van der Waals surface area contributed by atoms with Crippen LogP contribution in [-0.4, -0.2) is 0 Å². The Morgan fingerprint density at radius 3 is 2.09 bits per heavy atom. The maximum absolute atomic E-state index is 2.51. The van der Waals surface area contributed by atoms with Crippen molar-refractivity contribution in [1.29, 1.82) is 0 Å². The van der Waals surface area contributed by atoms with Crippen LogP contribution in [0.3, 0.4) is 0 Å². The van der Waals surface area contributed by atoms with Gasteiger partial charge in [-0.25, -0.2) is 0 Å². The molecule has 0 heterocycles. The van der Waals surface area contributed by atoms with Crippen molar-refractivity contribution in [3.8, 4) is 0 Å². The predicted molar refractivity (Wildman–Crippen MR) is 46.3 cm³/mol. The molecule has 62 valence electrons. The van der Waals surface area contributed by atoms with Gasteiger partial charge in [0.2, 0.25) is 0 Å². The van der Waals surface area contributed by atoms with E-state index < -0.39 is 0 Å². The largest absolute Gasteiger partial charge is 0.0620 e. The molecule has 0 aromatic rings. The van der Waals surface area contributed by atoms with Crippen LogP contribution < -0.4 is 0 Å². The number of hydrogen-bond acceptors (Lipinski definition) is 0. The molecule has 11 heavy (non-hydrogen) atoms. The van der Waals surface area contributed by atoms with Crippen LogP contribution in [0.5, 0.6) is 0 Å². The summed E-state index contributed by atoms with van der Waals surface area (Å²) >= 11 is 0. The molecule has 0 N–H and O–H groups in total. The van der Waals surface area contributed by atoms with Crippen LogP contribution in [0, 0.1) is 16.7 Å². The summed E-state index contributed by atoms with van der Waals surface area (Å²) in [6, 6.07) is 0. The lowest BCUT2D eigenvalue weighted by atomic mass is 9.31. The van der Waals surface area contributed by atoms with E-state index in [1.54, 1.807) is 32.1 Å². The highest BCUT2D eigenvalue weighted by atomic mass is 14.7. The lowest BCUT2D eigenvalue weighted by molar-refractivity contribution is -0.235. The Balaban J connectivity index is 1.96. The molecule has 0 spiro atoms. The molecule has 0 heteroatoms. The lowest BCUT2D eigenvalue weighted by Gasteiger charge is -2.73. The van der Waals surface area contributed by atoms with Crippen molar-refractivity contribution in [1.82, 2.24) is 0 Å². The summed E-state index contributed by atoms with van der Waals surface area (Å²) in [5.74, 6) is 1.07. The van der Waals surface area contributed by atoms with Gasteiger partial charge in [-0.15, -0.1) is 0 Å². The first-order valence-electron chi connectivity index (χ1n) is 5.29. The van der Waals surface area contributed by atoms with Gasteiger partial charge in [-0.2, -0.15) is 0 Å². The molecule has 1 unspecified atom stereocenters. The third kappa shape index (κ3) is 0.494. The van der Waals surface area contributed by atoms with Gasteiger partial charge in [-0.3, -0.25) is 0 Å². The van der Waals surface area contributed by atoms with Gasteiger partial charge >= 0.3 is 0 Å². The van der Waals surface area contributed by atoms with E-state index in [4.69, 9.17) is 0 Å². The average molecular weight is 150 g/mol. The molecular weight excluding hydrogens is 132 g/mol. The van der Waals surface area contributed by atoms with Crippen molar-refractivity contribution >= 4 is 0 Å². The fourth-order valence-electron chi connectivity index (χ4n) is 4.39. The fourth-order valence-corrected chi connectivity index (χ4v) is 4.39. The van der Waals surface area contributed by atoms with E-state index in [-0.39, 0.29) is 0 Å². The zero-order chi connectivity index (χ0) is 7.53. The molecule has 0 saturated heterocycles. The third-order valence-electron chi connectivity index (χ3n) is 5.39. The lowest BCUT2D eigenvalue weighted by Crippen LogP contribution is -2.64. The van der Waals surface area contributed by atoms with Crippen LogP contribution in [0.4, 0.5) is 0 Å². The SMILES string of the molecule is CC1CCCC23CCC12CC3. The topological polar surface area (TPSA) is 0 Å². The minimum atomic E-state index is 0.894. The highest BCUT2D eigenvalue weighted by Gasteiger charge is 2.67. The van der Waals surface area contributed by atoms with Crippen LogP contribution in [0.25, 0.3) is 0 Å². The highest BCUT2D eigenvalue weighted by Crippen LogP contribution is 2.77. The van der Waals surface area contributed by atoms with Gasteiger partial charge in [-0.1, -0.05) is 19.8 Å². The van der Waals surface area contributed by atoms with Gasteiger partial charge < -0.3 is 0 Å². The second-order valence-electron chi connectivity index (χ2n) is 5.23. The summed E-state index contributed by atoms with van der Waals surface area (Å²) in [5.41, 5.74) is 1.80. The van der Waals surface area contributed by atoms with Gasteiger partial charge in [0.05, 0.1) is 0 Å². The second-order valence-corrected chi connectivity index (χ2v) is 5.23. The van der Waals surface area contributed by atoms with Crippen molar-refractivity contribution in [3.05, 3.63) is 0 Å². The maximum Gasteiger partial charge on any atom is -0.0215 e. The van der Waals surface area contributed by atoms with Gasteiger partial charge in [0, 0.05) is 0 Å². The Morgan fingerprint density at radius 1 is 1.00 bits per heavy atom. The van der Waals surface area contributed by atoms with Gasteiger partial charge in [-0.05, 0) is 48.9 Å². The molecule has 0 amide bonds. The minimum absolute atomic E-state index is 0.894. The number of hydrogen-bond donors (Lipinski definition) is 0. The summed E-state index contributed by atoms with van der Waals surface area (Å²) in [6.45, 7) is 2.51. The van der Waals surface area contributed by atoms with Crippen molar-refractivity contribution in [3.63, 3.8) is 0 Å². The summed E-state index contributed by atoms with van der Waals surface area (Å²) < 4.78 is 0. The van der Waals surface area contributed by atoms with Crippen molar-refractivity contribution < 1.29 is 0 Å². The minimum Gasteiger partial charge on any atom is -0.0620 e. The quantitative estimate of drug-likeness (QED) is 0.496. The zero-order valence-electron chi connectivity index (χ0n) is 7.53. The van der Waals surface area contributed by atoms with E-state index in [9.17, 15) is 0 Å². The smallest absolute Gasteiger partial charge is 0.0215 e. The van der Waals surface area contributed by atoms with Crippen LogP contribution in [0.2, 0.25) is 0 Å². The van der Waals surface area contributed by atoms with Crippen molar-refractivity contribution in [2.45, 2.75) is 51.9 Å². The first kappa shape index (κ1) is 6.51. The van der Waals surface area contributed by atoms with E-state index in [1.807, 2.05) is 0 Å². The van der Waals surface area contributed by atoms with Gasteiger partial charge in [0.25, 0.3) is 0 Å². The molecule has 0 aromatic carbocycles.